The predicted molar refractivity (Wildman–Crippen MR) is 70.0 cm³/mol. The minimum atomic E-state index is 0.581. The molecule has 0 radical (unpaired) electrons. The first kappa shape index (κ1) is 11.9. The van der Waals surface area contributed by atoms with Crippen LogP contribution in [0.25, 0.3) is 0 Å². The SMILES string of the molecule is CN1CCN(C2CCN(C3CC3)C2)C(CN)C1. The maximum Gasteiger partial charge on any atom is 0.0349 e. The highest BCUT2D eigenvalue weighted by Crippen LogP contribution is 2.31. The molecule has 0 aromatic carbocycles. The number of nitrogens with two attached hydrogens (primary N) is 1. The van der Waals surface area contributed by atoms with Gasteiger partial charge in [-0.3, -0.25) is 9.80 Å². The molecule has 0 spiro atoms. The molecule has 3 aliphatic rings. The van der Waals surface area contributed by atoms with Crippen LogP contribution in [0.5, 0.6) is 0 Å². The molecule has 1 saturated carbocycles. The Morgan fingerprint density at radius 3 is 2.53 bits per heavy atom. The second-order valence-electron chi connectivity index (χ2n) is 6.06. The molecule has 0 aromatic rings. The Hall–Kier alpha value is -0.160. The smallest absolute Gasteiger partial charge is 0.0349 e. The van der Waals surface area contributed by atoms with Crippen LogP contribution in [0.15, 0.2) is 0 Å². The number of hydrogen-bond donors (Lipinski definition) is 1. The van der Waals surface area contributed by atoms with Crippen molar-refractivity contribution >= 4 is 0 Å². The van der Waals surface area contributed by atoms with Gasteiger partial charge in [-0.15, -0.1) is 0 Å². The summed E-state index contributed by atoms with van der Waals surface area (Å²) in [4.78, 5) is 7.82. The Morgan fingerprint density at radius 1 is 1.00 bits per heavy atom. The zero-order valence-electron chi connectivity index (χ0n) is 11.0. The van der Waals surface area contributed by atoms with Gasteiger partial charge in [-0.1, -0.05) is 0 Å². The van der Waals surface area contributed by atoms with E-state index in [9.17, 15) is 0 Å². The third kappa shape index (κ3) is 2.50. The van der Waals surface area contributed by atoms with Crippen LogP contribution in [0.3, 0.4) is 0 Å². The number of likely N-dealkylation sites (N-methyl/N-ethyl adjacent to an activating group) is 1. The quantitative estimate of drug-likeness (QED) is 0.738. The fourth-order valence-electron chi connectivity index (χ4n) is 3.53. The molecule has 2 atom stereocenters. The lowest BCUT2D eigenvalue weighted by atomic mass is 10.1. The number of piperazine rings is 1. The summed E-state index contributed by atoms with van der Waals surface area (Å²) in [5, 5.41) is 0. The summed E-state index contributed by atoms with van der Waals surface area (Å²) in [7, 11) is 2.21. The summed E-state index contributed by atoms with van der Waals surface area (Å²) in [5.74, 6) is 0. The van der Waals surface area contributed by atoms with Gasteiger partial charge >= 0.3 is 0 Å². The summed E-state index contributed by atoms with van der Waals surface area (Å²) in [5.41, 5.74) is 5.95. The Morgan fingerprint density at radius 2 is 1.82 bits per heavy atom. The molecule has 0 amide bonds. The van der Waals surface area contributed by atoms with Crippen molar-refractivity contribution < 1.29 is 0 Å². The van der Waals surface area contributed by atoms with Gasteiger partial charge in [0.25, 0.3) is 0 Å². The molecular formula is C13H26N4. The van der Waals surface area contributed by atoms with Crippen molar-refractivity contribution in [3.8, 4) is 0 Å². The Labute approximate surface area is 105 Å². The normalized spacial score (nSPS) is 37.8. The molecule has 98 valence electrons. The number of nitrogens with zero attached hydrogens (tertiary/aromatic N) is 3. The van der Waals surface area contributed by atoms with Gasteiger partial charge in [0.05, 0.1) is 0 Å². The molecule has 3 rings (SSSR count). The van der Waals surface area contributed by atoms with Gasteiger partial charge in [-0.05, 0) is 26.3 Å². The third-order valence-electron chi connectivity index (χ3n) is 4.73. The summed E-state index contributed by atoms with van der Waals surface area (Å²) >= 11 is 0. The lowest BCUT2D eigenvalue weighted by molar-refractivity contribution is 0.0583. The monoisotopic (exact) mass is 238 g/mol. The summed E-state index contributed by atoms with van der Waals surface area (Å²) in [6.07, 6.45) is 4.24. The van der Waals surface area contributed by atoms with Crippen molar-refractivity contribution in [2.75, 3.05) is 46.3 Å². The van der Waals surface area contributed by atoms with Crippen LogP contribution in [0.1, 0.15) is 19.3 Å². The molecule has 4 nitrogen and oxygen atoms in total. The number of likely N-dealkylation sites (tertiary alicyclic amines) is 1. The van der Waals surface area contributed by atoms with Gasteiger partial charge in [0.1, 0.15) is 0 Å². The summed E-state index contributed by atoms with van der Waals surface area (Å²) in [6.45, 7) is 6.99. The molecule has 2 N–H and O–H groups in total. The van der Waals surface area contributed by atoms with Gasteiger partial charge in [0.2, 0.25) is 0 Å². The lowest BCUT2D eigenvalue weighted by Gasteiger charge is -2.42. The van der Waals surface area contributed by atoms with E-state index in [1.165, 1.54) is 45.4 Å². The molecule has 3 fully saturated rings. The molecule has 2 unspecified atom stereocenters. The van der Waals surface area contributed by atoms with Gasteiger partial charge in [0, 0.05) is 57.4 Å². The van der Waals surface area contributed by atoms with E-state index in [1.54, 1.807) is 0 Å². The van der Waals surface area contributed by atoms with Crippen LogP contribution in [-0.2, 0) is 0 Å². The standard InChI is InChI=1S/C13H26N4/c1-15-6-7-17(13(8-14)9-15)12-4-5-16(10-12)11-2-3-11/h11-13H,2-10,14H2,1H3. The second kappa shape index (κ2) is 4.84. The zero-order chi connectivity index (χ0) is 11.8. The van der Waals surface area contributed by atoms with Crippen LogP contribution in [0, 0.1) is 0 Å². The lowest BCUT2D eigenvalue weighted by Crippen LogP contribution is -2.58. The van der Waals surface area contributed by atoms with Crippen molar-refractivity contribution in [2.45, 2.75) is 37.4 Å². The third-order valence-corrected chi connectivity index (χ3v) is 4.73. The van der Waals surface area contributed by atoms with Crippen LogP contribution in [-0.4, -0.2) is 79.1 Å². The fourth-order valence-corrected chi connectivity index (χ4v) is 3.53. The Balaban J connectivity index is 1.59. The molecule has 2 heterocycles. The first-order valence-corrected chi connectivity index (χ1v) is 7.16. The van der Waals surface area contributed by atoms with Crippen molar-refractivity contribution in [1.82, 2.24) is 14.7 Å². The van der Waals surface area contributed by atoms with E-state index in [0.29, 0.717) is 6.04 Å². The molecule has 0 bridgehead atoms. The zero-order valence-corrected chi connectivity index (χ0v) is 11.0. The molecule has 0 aromatic heterocycles. The summed E-state index contributed by atoms with van der Waals surface area (Å²) < 4.78 is 0. The molecule has 17 heavy (non-hydrogen) atoms. The average molecular weight is 238 g/mol. The molecule has 2 aliphatic heterocycles. The number of hydrogen-bond acceptors (Lipinski definition) is 4. The van der Waals surface area contributed by atoms with Crippen molar-refractivity contribution in [3.63, 3.8) is 0 Å². The van der Waals surface area contributed by atoms with E-state index < -0.39 is 0 Å². The van der Waals surface area contributed by atoms with Crippen molar-refractivity contribution in [3.05, 3.63) is 0 Å². The van der Waals surface area contributed by atoms with Crippen LogP contribution in [0.2, 0.25) is 0 Å². The topological polar surface area (TPSA) is 35.7 Å². The van der Waals surface area contributed by atoms with Crippen molar-refractivity contribution in [1.29, 1.82) is 0 Å². The minimum absolute atomic E-state index is 0.581. The number of rotatable bonds is 3. The minimum Gasteiger partial charge on any atom is -0.329 e. The van der Waals surface area contributed by atoms with Crippen LogP contribution >= 0.6 is 0 Å². The van der Waals surface area contributed by atoms with E-state index in [1.807, 2.05) is 0 Å². The molecule has 1 aliphatic carbocycles. The average Bonchev–Trinajstić information content (AvgIpc) is 3.08. The van der Waals surface area contributed by atoms with Gasteiger partial charge in [0.15, 0.2) is 0 Å². The Kier molecular flexibility index (Phi) is 3.39. The maximum atomic E-state index is 5.95. The highest BCUT2D eigenvalue weighted by Gasteiger charge is 2.38. The highest BCUT2D eigenvalue weighted by atomic mass is 15.3. The second-order valence-corrected chi connectivity index (χ2v) is 6.06. The van der Waals surface area contributed by atoms with Crippen LogP contribution in [0.4, 0.5) is 0 Å². The van der Waals surface area contributed by atoms with E-state index in [-0.39, 0.29) is 0 Å². The van der Waals surface area contributed by atoms with E-state index >= 15 is 0 Å². The van der Waals surface area contributed by atoms with E-state index in [2.05, 4.69) is 21.7 Å². The van der Waals surface area contributed by atoms with Gasteiger partial charge in [-0.25, -0.2) is 0 Å². The predicted octanol–water partition coefficient (Wildman–Crippen LogP) is -0.202. The molecule has 4 heteroatoms. The first-order chi connectivity index (χ1) is 8.28. The molecular weight excluding hydrogens is 212 g/mol. The van der Waals surface area contributed by atoms with E-state index in [4.69, 9.17) is 5.73 Å². The van der Waals surface area contributed by atoms with Crippen molar-refractivity contribution in [2.24, 2.45) is 5.73 Å². The first-order valence-electron chi connectivity index (χ1n) is 7.16. The highest BCUT2D eigenvalue weighted by molar-refractivity contribution is 4.95. The van der Waals surface area contributed by atoms with Crippen LogP contribution < -0.4 is 5.73 Å². The van der Waals surface area contributed by atoms with E-state index in [0.717, 1.165) is 25.2 Å². The fraction of sp³-hybridized carbons (Fsp3) is 1.00. The molecule has 2 saturated heterocycles. The summed E-state index contributed by atoms with van der Waals surface area (Å²) in [6, 6.07) is 2.29. The van der Waals surface area contributed by atoms with Gasteiger partial charge in [-0.2, -0.15) is 0 Å². The maximum absolute atomic E-state index is 5.95. The van der Waals surface area contributed by atoms with Gasteiger partial charge < -0.3 is 10.6 Å². The largest absolute Gasteiger partial charge is 0.329 e. The Bertz CT molecular complexity index is 266.